The third-order valence-corrected chi connectivity index (χ3v) is 4.58. The van der Waals surface area contributed by atoms with Crippen LogP contribution in [-0.4, -0.2) is 11.0 Å². The Bertz CT molecular complexity index is 552. The first-order valence-electron chi connectivity index (χ1n) is 7.48. The molecule has 0 spiro atoms. The summed E-state index contributed by atoms with van der Waals surface area (Å²) in [7, 11) is 0. The van der Waals surface area contributed by atoms with Gasteiger partial charge in [-0.2, -0.15) is 0 Å². The summed E-state index contributed by atoms with van der Waals surface area (Å²) in [5, 5.41) is 2.12. The van der Waals surface area contributed by atoms with Gasteiger partial charge in [-0.05, 0) is 49.4 Å². The first kappa shape index (κ1) is 16.3. The van der Waals surface area contributed by atoms with Crippen molar-refractivity contribution in [3.05, 3.63) is 45.8 Å². The maximum Gasteiger partial charge on any atom is 0.129 e. The van der Waals surface area contributed by atoms with Crippen LogP contribution < -0.4 is 4.90 Å². The van der Waals surface area contributed by atoms with Gasteiger partial charge in [-0.25, -0.2) is 4.98 Å². The lowest BCUT2D eigenvalue weighted by Crippen LogP contribution is -2.31. The average Bonchev–Trinajstić information content (AvgIpc) is 2.97. The van der Waals surface area contributed by atoms with Crippen LogP contribution in [0.3, 0.4) is 0 Å². The summed E-state index contributed by atoms with van der Waals surface area (Å²) >= 11 is 7.85. The van der Waals surface area contributed by atoms with Crippen molar-refractivity contribution >= 4 is 28.8 Å². The molecule has 2 heterocycles. The normalized spacial score (nSPS) is 11.1. The van der Waals surface area contributed by atoms with Gasteiger partial charge in [0.25, 0.3) is 0 Å². The number of halogens is 1. The molecular weight excluding hydrogens is 300 g/mol. The standard InChI is InChI=1S/C17H23ClN2S/c1-4-6-15-9-14(11-18)10-17(19-15)20(13(2)3)12-16-7-5-8-21-16/h5,7-10,13H,4,6,11-12H2,1-3H3. The van der Waals surface area contributed by atoms with Crippen LogP contribution in [-0.2, 0) is 18.8 Å². The molecular formula is C17H23ClN2S. The van der Waals surface area contributed by atoms with Crippen molar-refractivity contribution in [3.8, 4) is 0 Å². The van der Waals surface area contributed by atoms with E-state index in [1.54, 1.807) is 11.3 Å². The predicted octanol–water partition coefficient (Wildman–Crippen LogP) is 5.25. The van der Waals surface area contributed by atoms with Crippen molar-refractivity contribution in [2.45, 2.75) is 52.1 Å². The predicted molar refractivity (Wildman–Crippen MR) is 93.4 cm³/mol. The minimum absolute atomic E-state index is 0.402. The number of hydrogen-bond acceptors (Lipinski definition) is 3. The number of anilines is 1. The Labute approximate surface area is 136 Å². The molecule has 0 N–H and O–H groups in total. The third kappa shape index (κ3) is 4.45. The maximum atomic E-state index is 6.05. The van der Waals surface area contributed by atoms with Crippen LogP contribution in [0.1, 0.15) is 43.3 Å². The van der Waals surface area contributed by atoms with E-state index in [2.05, 4.69) is 55.3 Å². The quantitative estimate of drug-likeness (QED) is 0.647. The van der Waals surface area contributed by atoms with Crippen molar-refractivity contribution in [3.63, 3.8) is 0 Å². The van der Waals surface area contributed by atoms with E-state index in [9.17, 15) is 0 Å². The lowest BCUT2D eigenvalue weighted by Gasteiger charge is -2.28. The summed E-state index contributed by atoms with van der Waals surface area (Å²) in [5.74, 6) is 1.58. The van der Waals surface area contributed by atoms with Crippen molar-refractivity contribution in [2.24, 2.45) is 0 Å². The van der Waals surface area contributed by atoms with E-state index < -0.39 is 0 Å². The van der Waals surface area contributed by atoms with E-state index in [4.69, 9.17) is 16.6 Å². The minimum Gasteiger partial charge on any atom is -0.349 e. The van der Waals surface area contributed by atoms with Crippen LogP contribution in [0.5, 0.6) is 0 Å². The van der Waals surface area contributed by atoms with E-state index in [0.29, 0.717) is 11.9 Å². The molecule has 0 unspecified atom stereocenters. The van der Waals surface area contributed by atoms with Gasteiger partial charge in [0.1, 0.15) is 5.82 Å². The van der Waals surface area contributed by atoms with Gasteiger partial charge in [0.2, 0.25) is 0 Å². The van der Waals surface area contributed by atoms with Crippen molar-refractivity contribution in [1.29, 1.82) is 0 Å². The highest BCUT2D eigenvalue weighted by molar-refractivity contribution is 7.09. The molecule has 0 aliphatic rings. The highest BCUT2D eigenvalue weighted by Gasteiger charge is 2.15. The molecule has 114 valence electrons. The maximum absolute atomic E-state index is 6.05. The van der Waals surface area contributed by atoms with Crippen LogP contribution in [0.15, 0.2) is 29.6 Å². The topological polar surface area (TPSA) is 16.1 Å². The molecule has 0 aliphatic heterocycles. The summed E-state index contributed by atoms with van der Waals surface area (Å²) in [4.78, 5) is 8.55. The number of nitrogens with zero attached hydrogens (tertiary/aromatic N) is 2. The fourth-order valence-electron chi connectivity index (χ4n) is 2.34. The number of pyridine rings is 1. The minimum atomic E-state index is 0.402. The zero-order valence-corrected chi connectivity index (χ0v) is 14.5. The Morgan fingerprint density at radius 1 is 1.33 bits per heavy atom. The number of alkyl halides is 1. The molecule has 0 radical (unpaired) electrons. The molecule has 21 heavy (non-hydrogen) atoms. The van der Waals surface area contributed by atoms with Gasteiger partial charge >= 0.3 is 0 Å². The Kier molecular flexibility index (Phi) is 6.07. The zero-order chi connectivity index (χ0) is 15.2. The number of thiophene rings is 1. The second kappa shape index (κ2) is 7.81. The van der Waals surface area contributed by atoms with Gasteiger partial charge in [-0.3, -0.25) is 0 Å². The molecule has 2 rings (SSSR count). The van der Waals surface area contributed by atoms with Gasteiger partial charge in [-0.1, -0.05) is 19.4 Å². The Morgan fingerprint density at radius 2 is 2.14 bits per heavy atom. The molecule has 0 aliphatic carbocycles. The first-order chi connectivity index (χ1) is 10.1. The number of hydrogen-bond donors (Lipinski definition) is 0. The molecule has 0 bridgehead atoms. The molecule has 0 fully saturated rings. The summed E-state index contributed by atoms with van der Waals surface area (Å²) in [6, 6.07) is 8.94. The van der Waals surface area contributed by atoms with E-state index in [-0.39, 0.29) is 0 Å². The van der Waals surface area contributed by atoms with Gasteiger partial charge < -0.3 is 4.90 Å². The molecule has 2 aromatic heterocycles. The van der Waals surface area contributed by atoms with Crippen molar-refractivity contribution < 1.29 is 0 Å². The fourth-order valence-corrected chi connectivity index (χ4v) is 3.20. The number of aryl methyl sites for hydroxylation is 1. The Hall–Kier alpha value is -1.06. The highest BCUT2D eigenvalue weighted by atomic mass is 35.5. The Morgan fingerprint density at radius 3 is 2.71 bits per heavy atom. The summed E-state index contributed by atoms with van der Waals surface area (Å²) < 4.78 is 0. The second-order valence-corrected chi connectivity index (χ2v) is 6.81. The first-order valence-corrected chi connectivity index (χ1v) is 8.90. The van der Waals surface area contributed by atoms with E-state index in [1.807, 2.05) is 0 Å². The van der Waals surface area contributed by atoms with Gasteiger partial charge in [0.05, 0.1) is 6.54 Å². The molecule has 0 saturated heterocycles. The molecule has 0 amide bonds. The molecule has 0 saturated carbocycles. The monoisotopic (exact) mass is 322 g/mol. The van der Waals surface area contributed by atoms with Crippen LogP contribution in [0.4, 0.5) is 5.82 Å². The molecule has 4 heteroatoms. The second-order valence-electron chi connectivity index (χ2n) is 5.51. The summed E-state index contributed by atoms with van der Waals surface area (Å²) in [6.45, 7) is 7.50. The zero-order valence-electron chi connectivity index (χ0n) is 13.0. The largest absolute Gasteiger partial charge is 0.349 e. The number of aromatic nitrogens is 1. The van der Waals surface area contributed by atoms with Crippen LogP contribution in [0.2, 0.25) is 0 Å². The smallest absolute Gasteiger partial charge is 0.129 e. The lowest BCUT2D eigenvalue weighted by atomic mass is 10.1. The van der Waals surface area contributed by atoms with Gasteiger partial charge in [-0.15, -0.1) is 22.9 Å². The van der Waals surface area contributed by atoms with Gasteiger partial charge in [0.15, 0.2) is 0 Å². The van der Waals surface area contributed by atoms with Gasteiger partial charge in [0, 0.05) is 22.5 Å². The summed E-state index contributed by atoms with van der Waals surface area (Å²) in [5.41, 5.74) is 2.30. The molecule has 0 aromatic carbocycles. The molecule has 0 atom stereocenters. The molecule has 2 aromatic rings. The Balaban J connectivity index is 2.32. The lowest BCUT2D eigenvalue weighted by molar-refractivity contribution is 0.673. The fraction of sp³-hybridized carbons (Fsp3) is 0.471. The third-order valence-electron chi connectivity index (χ3n) is 3.41. The highest BCUT2D eigenvalue weighted by Crippen LogP contribution is 2.23. The van der Waals surface area contributed by atoms with E-state index in [0.717, 1.165) is 36.5 Å². The van der Waals surface area contributed by atoms with Crippen LogP contribution >= 0.6 is 22.9 Å². The van der Waals surface area contributed by atoms with Crippen molar-refractivity contribution in [1.82, 2.24) is 4.98 Å². The average molecular weight is 323 g/mol. The van der Waals surface area contributed by atoms with E-state index >= 15 is 0 Å². The SMILES string of the molecule is CCCc1cc(CCl)cc(N(Cc2cccs2)C(C)C)n1. The van der Waals surface area contributed by atoms with E-state index in [1.165, 1.54) is 4.88 Å². The van der Waals surface area contributed by atoms with Crippen molar-refractivity contribution in [2.75, 3.05) is 4.90 Å². The van der Waals surface area contributed by atoms with Crippen LogP contribution in [0, 0.1) is 0 Å². The number of rotatable bonds is 7. The van der Waals surface area contributed by atoms with Crippen LogP contribution in [0.25, 0.3) is 0 Å². The summed E-state index contributed by atoms with van der Waals surface area (Å²) in [6.07, 6.45) is 2.10. The molecule has 2 nitrogen and oxygen atoms in total.